The third kappa shape index (κ3) is 7.67. The zero-order chi connectivity index (χ0) is 19.6. The summed E-state index contributed by atoms with van der Waals surface area (Å²) in [5.74, 6) is -3.18. The molecule has 1 atom stereocenters. The van der Waals surface area contributed by atoms with Gasteiger partial charge in [0.15, 0.2) is 0 Å². The molecule has 0 aliphatic heterocycles. The monoisotopic (exact) mass is 720 g/mol. The zero-order valence-corrected chi connectivity index (χ0v) is 18.8. The van der Waals surface area contributed by atoms with Crippen LogP contribution < -0.4 is 0 Å². The van der Waals surface area contributed by atoms with Crippen molar-refractivity contribution in [2.75, 3.05) is 5.75 Å². The quantitative estimate of drug-likeness (QED) is 0.167. The Morgan fingerprint density at radius 1 is 1.20 bits per heavy atom. The second-order valence-corrected chi connectivity index (χ2v) is 9.27. The molecular weight excluding hydrogens is 714 g/mol. The second kappa shape index (κ2) is 8.83. The molecule has 0 amide bonds. The molecule has 14 heteroatoms. The summed E-state index contributed by atoms with van der Waals surface area (Å²) in [5, 5.41) is 0. The number of benzene rings is 1. The number of carbonyl (C=O) groups is 2. The van der Waals surface area contributed by atoms with Crippen molar-refractivity contribution in [3.63, 3.8) is 0 Å². The minimum Gasteiger partial charge on any atom is -0.420 e. The SMILES string of the molecule is O=C(OC(=O)c1cc(I)cc(I)c1I)OC(CS(=O)(=O)O)C(F)(F)F. The highest BCUT2D eigenvalue weighted by molar-refractivity contribution is 14.1. The fourth-order valence-corrected chi connectivity index (χ4v) is 4.38. The average Bonchev–Trinajstić information content (AvgIpc) is 2.39. The molecule has 0 spiro atoms. The summed E-state index contributed by atoms with van der Waals surface area (Å²) in [5.41, 5.74) is -0.0767. The molecule has 1 unspecified atom stereocenters. The van der Waals surface area contributed by atoms with Crippen LogP contribution in [-0.4, -0.2) is 43.1 Å². The Balaban J connectivity index is 2.92. The first-order chi connectivity index (χ1) is 11.2. The van der Waals surface area contributed by atoms with E-state index in [1.165, 1.54) is 6.07 Å². The maximum absolute atomic E-state index is 12.6. The Bertz CT molecular complexity index is 795. The van der Waals surface area contributed by atoms with E-state index in [4.69, 9.17) is 4.55 Å². The summed E-state index contributed by atoms with van der Waals surface area (Å²) in [6, 6.07) is 3.06. The summed E-state index contributed by atoms with van der Waals surface area (Å²) in [6.07, 6.45) is -10.5. The molecule has 1 aromatic carbocycles. The van der Waals surface area contributed by atoms with E-state index in [2.05, 4.69) is 9.47 Å². The van der Waals surface area contributed by atoms with Crippen LogP contribution in [0.15, 0.2) is 12.1 Å². The normalized spacial score (nSPS) is 13.2. The number of carbonyl (C=O) groups excluding carboxylic acids is 2. The number of alkyl halides is 3. The molecule has 1 rings (SSSR count). The van der Waals surface area contributed by atoms with E-state index in [1.807, 2.05) is 45.2 Å². The van der Waals surface area contributed by atoms with Crippen LogP contribution in [-0.2, 0) is 19.6 Å². The molecule has 1 aromatic rings. The fourth-order valence-electron chi connectivity index (χ4n) is 1.36. The molecule has 7 nitrogen and oxygen atoms in total. The van der Waals surface area contributed by atoms with E-state index >= 15 is 0 Å². The Kier molecular flexibility index (Phi) is 8.15. The lowest BCUT2D eigenvalue weighted by Gasteiger charge is -2.18. The van der Waals surface area contributed by atoms with Gasteiger partial charge in [0.2, 0.25) is 6.10 Å². The van der Waals surface area contributed by atoms with Crippen molar-refractivity contribution in [3.8, 4) is 0 Å². The van der Waals surface area contributed by atoms with Crippen molar-refractivity contribution in [3.05, 3.63) is 28.4 Å². The van der Waals surface area contributed by atoms with E-state index < -0.39 is 40.3 Å². The van der Waals surface area contributed by atoms with Gasteiger partial charge in [-0.3, -0.25) is 4.55 Å². The minimum atomic E-state index is -5.29. The van der Waals surface area contributed by atoms with E-state index in [0.717, 1.165) is 0 Å². The van der Waals surface area contributed by atoms with Crippen molar-refractivity contribution in [2.45, 2.75) is 12.3 Å². The molecule has 0 radical (unpaired) electrons. The Morgan fingerprint density at radius 2 is 1.76 bits per heavy atom. The Labute approximate surface area is 180 Å². The van der Waals surface area contributed by atoms with Gasteiger partial charge < -0.3 is 9.47 Å². The number of hydrogen-bond acceptors (Lipinski definition) is 6. The van der Waals surface area contributed by atoms with Crippen LogP contribution >= 0.6 is 67.8 Å². The van der Waals surface area contributed by atoms with E-state index in [9.17, 15) is 31.2 Å². The van der Waals surface area contributed by atoms with Gasteiger partial charge in [-0.25, -0.2) is 9.59 Å². The summed E-state index contributed by atoms with van der Waals surface area (Å²) in [7, 11) is -5.09. The summed E-state index contributed by atoms with van der Waals surface area (Å²) in [4.78, 5) is 23.3. The van der Waals surface area contributed by atoms with Crippen LogP contribution in [0.5, 0.6) is 0 Å². The number of hydrogen-bond donors (Lipinski definition) is 1. The van der Waals surface area contributed by atoms with Crippen molar-refractivity contribution < 1.29 is 45.2 Å². The number of rotatable bonds is 4. The molecule has 0 aliphatic carbocycles. The summed E-state index contributed by atoms with van der Waals surface area (Å²) >= 11 is 5.58. The Morgan fingerprint density at radius 3 is 2.24 bits per heavy atom. The van der Waals surface area contributed by atoms with Crippen molar-refractivity contribution in [2.24, 2.45) is 0 Å². The third-order valence-electron chi connectivity index (χ3n) is 2.35. The van der Waals surface area contributed by atoms with Crippen molar-refractivity contribution in [1.82, 2.24) is 0 Å². The van der Waals surface area contributed by atoms with Gasteiger partial charge in [-0.05, 0) is 79.9 Å². The van der Waals surface area contributed by atoms with Crippen LogP contribution in [0.25, 0.3) is 0 Å². The van der Waals surface area contributed by atoms with Crippen LogP contribution in [0.2, 0.25) is 0 Å². The minimum absolute atomic E-state index is 0.0767. The molecule has 0 saturated carbocycles. The maximum atomic E-state index is 12.6. The van der Waals surface area contributed by atoms with Gasteiger partial charge >= 0.3 is 18.3 Å². The molecule has 25 heavy (non-hydrogen) atoms. The smallest absolute Gasteiger partial charge is 0.420 e. The van der Waals surface area contributed by atoms with Gasteiger partial charge in [-0.2, -0.15) is 21.6 Å². The molecule has 140 valence electrons. The standard InChI is InChI=1S/C11H6F3I3O7S/c12-11(13,14)7(3-25(20,21)22)23-10(19)24-9(18)5-1-4(15)2-6(16)8(5)17/h1-2,7H,3H2,(H,20,21,22). The molecule has 0 fully saturated rings. The third-order valence-corrected chi connectivity index (χ3v) is 6.75. The molecule has 0 aliphatic rings. The second-order valence-electron chi connectivity index (χ2n) is 4.29. The van der Waals surface area contributed by atoms with Crippen LogP contribution in [0.4, 0.5) is 18.0 Å². The molecule has 1 N–H and O–H groups in total. The highest BCUT2D eigenvalue weighted by Gasteiger charge is 2.46. The van der Waals surface area contributed by atoms with Gasteiger partial charge in [0.1, 0.15) is 5.75 Å². The summed E-state index contributed by atoms with van der Waals surface area (Å²) < 4.78 is 77.3. The molecular formula is C11H6F3I3O7S. The largest absolute Gasteiger partial charge is 0.517 e. The van der Waals surface area contributed by atoms with Crippen molar-refractivity contribution in [1.29, 1.82) is 0 Å². The Hall–Kier alpha value is 0.0500. The number of halogens is 6. The molecule has 0 bridgehead atoms. The van der Waals surface area contributed by atoms with Gasteiger partial charge in [0.25, 0.3) is 10.1 Å². The molecule has 0 saturated heterocycles. The summed E-state index contributed by atoms with van der Waals surface area (Å²) in [6.45, 7) is 0. The van der Waals surface area contributed by atoms with Crippen LogP contribution in [0, 0.1) is 10.7 Å². The highest BCUT2D eigenvalue weighted by Crippen LogP contribution is 2.26. The van der Waals surface area contributed by atoms with E-state index in [0.29, 0.717) is 10.7 Å². The average molecular weight is 720 g/mol. The van der Waals surface area contributed by atoms with Gasteiger partial charge in [-0.1, -0.05) is 0 Å². The highest BCUT2D eigenvalue weighted by atomic mass is 127. The number of ether oxygens (including phenoxy) is 2. The predicted molar refractivity (Wildman–Crippen MR) is 103 cm³/mol. The first-order valence-electron chi connectivity index (χ1n) is 5.80. The molecule has 0 heterocycles. The maximum Gasteiger partial charge on any atom is 0.517 e. The van der Waals surface area contributed by atoms with Gasteiger partial charge in [0.05, 0.1) is 5.56 Å². The van der Waals surface area contributed by atoms with Crippen molar-refractivity contribution >= 4 is 90.0 Å². The lowest BCUT2D eigenvalue weighted by atomic mass is 10.2. The van der Waals surface area contributed by atoms with Gasteiger partial charge in [-0.15, -0.1) is 0 Å². The van der Waals surface area contributed by atoms with Gasteiger partial charge in [0, 0.05) is 10.7 Å². The topological polar surface area (TPSA) is 107 Å². The first-order valence-corrected chi connectivity index (χ1v) is 10.6. The van der Waals surface area contributed by atoms with E-state index in [-0.39, 0.29) is 5.56 Å². The van der Waals surface area contributed by atoms with E-state index in [1.54, 1.807) is 28.7 Å². The zero-order valence-electron chi connectivity index (χ0n) is 11.5. The lowest BCUT2D eigenvalue weighted by Crippen LogP contribution is -2.40. The number of esters is 1. The van der Waals surface area contributed by atoms with Crippen LogP contribution in [0.1, 0.15) is 10.4 Å². The fraction of sp³-hybridized carbons (Fsp3) is 0.273. The lowest BCUT2D eigenvalue weighted by molar-refractivity contribution is -0.200. The molecule has 0 aromatic heterocycles. The van der Waals surface area contributed by atoms with Crippen LogP contribution in [0.3, 0.4) is 0 Å². The first kappa shape index (κ1) is 23.1. The predicted octanol–water partition coefficient (Wildman–Crippen LogP) is 3.61.